The van der Waals surface area contributed by atoms with E-state index in [9.17, 15) is 13.2 Å². The van der Waals surface area contributed by atoms with Crippen molar-refractivity contribution >= 4 is 21.4 Å². The molecule has 0 saturated carbocycles. The summed E-state index contributed by atoms with van der Waals surface area (Å²) in [7, 11) is -3.27. The minimum Gasteiger partial charge on any atom is -0.319 e. The summed E-state index contributed by atoms with van der Waals surface area (Å²) >= 11 is 0. The van der Waals surface area contributed by atoms with Crippen molar-refractivity contribution in [1.29, 1.82) is 0 Å². The van der Waals surface area contributed by atoms with Crippen molar-refractivity contribution in [3.8, 4) is 5.69 Å². The number of rotatable bonds is 3. The smallest absolute Gasteiger partial charge is 0.258 e. The molecule has 0 spiro atoms. The van der Waals surface area contributed by atoms with Gasteiger partial charge in [0.1, 0.15) is 0 Å². The molecule has 1 aliphatic rings. The van der Waals surface area contributed by atoms with E-state index in [1.807, 2.05) is 24.3 Å². The second-order valence-electron chi connectivity index (χ2n) is 7.62. The molecule has 2 heterocycles. The molecule has 0 unspecified atom stereocenters. The van der Waals surface area contributed by atoms with Crippen LogP contribution in [0.3, 0.4) is 0 Å². The monoisotopic (exact) mass is 408 g/mol. The van der Waals surface area contributed by atoms with E-state index in [2.05, 4.69) is 30.5 Å². The first-order valence-corrected chi connectivity index (χ1v) is 11.5. The Balaban J connectivity index is 1.64. The van der Waals surface area contributed by atoms with Gasteiger partial charge in [0.05, 0.1) is 4.90 Å². The molecule has 0 fully saturated rings. The molecule has 1 aliphatic heterocycles. The number of hydrogen-bond acceptors (Lipinski definition) is 3. The zero-order chi connectivity index (χ0) is 20.8. The van der Waals surface area contributed by atoms with E-state index < -0.39 is 9.84 Å². The van der Waals surface area contributed by atoms with Crippen molar-refractivity contribution in [2.24, 2.45) is 0 Å². The molecule has 0 saturated heterocycles. The third-order valence-electron chi connectivity index (χ3n) is 5.49. The van der Waals surface area contributed by atoms with E-state index in [0.717, 1.165) is 41.2 Å². The number of amides is 1. The Morgan fingerprint density at radius 3 is 2.21 bits per heavy atom. The number of benzene rings is 2. The number of fused-ring (bicyclic) bond motifs is 1. The number of anilines is 1. The van der Waals surface area contributed by atoms with Crippen molar-refractivity contribution in [3.63, 3.8) is 0 Å². The van der Waals surface area contributed by atoms with E-state index >= 15 is 0 Å². The normalized spacial score (nSPS) is 14.0. The van der Waals surface area contributed by atoms with E-state index in [0.29, 0.717) is 17.0 Å². The van der Waals surface area contributed by atoms with Gasteiger partial charge in [0, 0.05) is 41.1 Å². The summed E-state index contributed by atoms with van der Waals surface area (Å²) in [5, 5.41) is 0. The molecule has 3 aromatic rings. The Morgan fingerprint density at radius 2 is 1.59 bits per heavy atom. The quantitative estimate of drug-likeness (QED) is 0.656. The van der Waals surface area contributed by atoms with Crippen LogP contribution in [0, 0.1) is 13.8 Å². The second kappa shape index (κ2) is 7.19. The summed E-state index contributed by atoms with van der Waals surface area (Å²) in [6.07, 6.45) is 2.79. The highest BCUT2D eigenvalue weighted by Gasteiger charge is 2.25. The van der Waals surface area contributed by atoms with Crippen LogP contribution in [-0.2, 0) is 16.3 Å². The van der Waals surface area contributed by atoms with Gasteiger partial charge in [-0.15, -0.1) is 0 Å². The minimum absolute atomic E-state index is 0.0643. The van der Waals surface area contributed by atoms with Crippen LogP contribution >= 0.6 is 0 Å². The Hall–Kier alpha value is -2.86. The molecule has 0 bridgehead atoms. The summed E-state index contributed by atoms with van der Waals surface area (Å²) in [4.78, 5) is 15.2. The summed E-state index contributed by atoms with van der Waals surface area (Å²) in [5.41, 5.74) is 5.65. The largest absolute Gasteiger partial charge is 0.319 e. The Morgan fingerprint density at radius 1 is 0.931 bits per heavy atom. The fourth-order valence-corrected chi connectivity index (χ4v) is 4.67. The van der Waals surface area contributed by atoms with Crippen molar-refractivity contribution < 1.29 is 13.2 Å². The lowest BCUT2D eigenvalue weighted by molar-refractivity contribution is 0.0985. The van der Waals surface area contributed by atoms with Crippen molar-refractivity contribution in [1.82, 2.24) is 4.57 Å². The standard InChI is InChI=1S/C23H24N2O3S/c1-16-6-7-17(2)25(16)20-10-8-18(9-11-20)23(26)24-14-4-5-19-15-21(29(3,27)28)12-13-22(19)24/h6-13,15H,4-5,14H2,1-3H3. The van der Waals surface area contributed by atoms with Crippen molar-refractivity contribution in [2.75, 3.05) is 17.7 Å². The van der Waals surface area contributed by atoms with Crippen molar-refractivity contribution in [2.45, 2.75) is 31.6 Å². The average Bonchev–Trinajstić information content (AvgIpc) is 3.04. The van der Waals surface area contributed by atoms with E-state index in [4.69, 9.17) is 0 Å². The number of aromatic nitrogens is 1. The predicted octanol–water partition coefficient (Wildman–Crippen LogP) is 4.09. The molecule has 4 rings (SSSR count). The number of carbonyl (C=O) groups is 1. The molecule has 5 nitrogen and oxygen atoms in total. The maximum absolute atomic E-state index is 13.2. The first kappa shape index (κ1) is 19.5. The Labute approximate surface area is 171 Å². The van der Waals surface area contributed by atoms with E-state index in [1.54, 1.807) is 23.1 Å². The van der Waals surface area contributed by atoms with Gasteiger partial charge in [0.25, 0.3) is 5.91 Å². The van der Waals surface area contributed by atoms with Gasteiger partial charge in [-0.05, 0) is 86.8 Å². The van der Waals surface area contributed by atoms with Crippen LogP contribution in [0.4, 0.5) is 5.69 Å². The fraction of sp³-hybridized carbons (Fsp3) is 0.261. The van der Waals surface area contributed by atoms with Gasteiger partial charge < -0.3 is 9.47 Å². The van der Waals surface area contributed by atoms with Gasteiger partial charge in [-0.25, -0.2) is 8.42 Å². The number of nitrogens with zero attached hydrogens (tertiary/aromatic N) is 2. The molecular weight excluding hydrogens is 384 g/mol. The van der Waals surface area contributed by atoms with Crippen LogP contribution < -0.4 is 4.90 Å². The molecule has 6 heteroatoms. The van der Waals surface area contributed by atoms with Crippen LogP contribution in [0.1, 0.15) is 33.7 Å². The molecule has 150 valence electrons. The first-order valence-electron chi connectivity index (χ1n) is 9.66. The minimum atomic E-state index is -3.27. The highest BCUT2D eigenvalue weighted by Crippen LogP contribution is 2.31. The maximum atomic E-state index is 13.2. The van der Waals surface area contributed by atoms with Crippen LogP contribution in [0.25, 0.3) is 5.69 Å². The molecule has 0 N–H and O–H groups in total. The van der Waals surface area contributed by atoms with Gasteiger partial charge in [0.15, 0.2) is 9.84 Å². The summed E-state index contributed by atoms with van der Waals surface area (Å²) in [6.45, 7) is 4.74. The summed E-state index contributed by atoms with van der Waals surface area (Å²) < 4.78 is 25.9. The molecule has 1 amide bonds. The average molecular weight is 409 g/mol. The molecule has 0 atom stereocenters. The van der Waals surface area contributed by atoms with Gasteiger partial charge >= 0.3 is 0 Å². The van der Waals surface area contributed by atoms with Crippen LogP contribution in [-0.4, -0.2) is 31.7 Å². The van der Waals surface area contributed by atoms with Crippen LogP contribution in [0.5, 0.6) is 0 Å². The number of sulfone groups is 1. The topological polar surface area (TPSA) is 59.4 Å². The Kier molecular flexibility index (Phi) is 4.82. The molecule has 0 radical (unpaired) electrons. The third-order valence-corrected chi connectivity index (χ3v) is 6.60. The fourth-order valence-electron chi connectivity index (χ4n) is 4.00. The van der Waals surface area contributed by atoms with Gasteiger partial charge in [-0.2, -0.15) is 0 Å². The highest BCUT2D eigenvalue weighted by atomic mass is 32.2. The zero-order valence-corrected chi connectivity index (χ0v) is 17.7. The van der Waals surface area contributed by atoms with E-state index in [1.165, 1.54) is 6.26 Å². The highest BCUT2D eigenvalue weighted by molar-refractivity contribution is 7.90. The lowest BCUT2D eigenvalue weighted by Crippen LogP contribution is -2.35. The molecule has 2 aromatic carbocycles. The first-order chi connectivity index (χ1) is 13.8. The van der Waals surface area contributed by atoms with Crippen molar-refractivity contribution in [3.05, 3.63) is 77.1 Å². The zero-order valence-electron chi connectivity index (χ0n) is 16.8. The van der Waals surface area contributed by atoms with Gasteiger partial charge in [-0.3, -0.25) is 4.79 Å². The summed E-state index contributed by atoms with van der Waals surface area (Å²) in [6, 6.07) is 16.8. The lowest BCUT2D eigenvalue weighted by atomic mass is 10.0. The summed E-state index contributed by atoms with van der Waals surface area (Å²) in [5.74, 6) is -0.0643. The van der Waals surface area contributed by atoms with Crippen LogP contribution in [0.2, 0.25) is 0 Å². The number of hydrogen-bond donors (Lipinski definition) is 0. The van der Waals surface area contributed by atoms with Gasteiger partial charge in [0.2, 0.25) is 0 Å². The lowest BCUT2D eigenvalue weighted by Gasteiger charge is -2.30. The molecule has 29 heavy (non-hydrogen) atoms. The number of carbonyl (C=O) groups excluding carboxylic acids is 1. The van der Waals surface area contributed by atoms with E-state index in [-0.39, 0.29) is 5.91 Å². The SMILES string of the molecule is Cc1ccc(C)n1-c1ccc(C(=O)N2CCCc3cc(S(C)(=O)=O)ccc32)cc1. The van der Waals surface area contributed by atoms with Crippen LogP contribution in [0.15, 0.2) is 59.5 Å². The number of aryl methyl sites for hydroxylation is 3. The third kappa shape index (κ3) is 3.60. The predicted molar refractivity (Wildman–Crippen MR) is 115 cm³/mol. The second-order valence-corrected chi connectivity index (χ2v) is 9.64. The molecule has 1 aromatic heterocycles. The van der Waals surface area contributed by atoms with Gasteiger partial charge in [-0.1, -0.05) is 0 Å². The molecular formula is C23H24N2O3S. The Bertz CT molecular complexity index is 1170. The molecule has 0 aliphatic carbocycles. The maximum Gasteiger partial charge on any atom is 0.258 e.